The molecule has 0 bridgehead atoms. The normalized spacial score (nSPS) is 11.1. The second-order valence-corrected chi connectivity index (χ2v) is 4.55. The van der Waals surface area contributed by atoms with Gasteiger partial charge in [-0.05, 0) is 34.9 Å². The molecule has 2 aromatic carbocycles. The van der Waals surface area contributed by atoms with Crippen LogP contribution in [0, 0.1) is 6.92 Å². The summed E-state index contributed by atoms with van der Waals surface area (Å²) in [4.78, 5) is 0. The maximum Gasteiger partial charge on any atom is 0.204 e. The zero-order valence-electron chi connectivity index (χ0n) is 11.1. The zero-order valence-corrected chi connectivity index (χ0v) is 11.1. The van der Waals surface area contributed by atoms with E-state index in [0.29, 0.717) is 5.82 Å². The Morgan fingerprint density at radius 3 is 2.50 bits per heavy atom. The number of hydrogen-bond acceptors (Lipinski definition) is 3. The molecule has 3 rings (SSSR count). The maximum atomic E-state index is 4.04. The van der Waals surface area contributed by atoms with Gasteiger partial charge in [-0.2, -0.15) is 5.21 Å². The van der Waals surface area contributed by atoms with Gasteiger partial charge in [0.2, 0.25) is 5.82 Å². The Balaban J connectivity index is 1.92. The zero-order chi connectivity index (χ0) is 13.8. The van der Waals surface area contributed by atoms with E-state index in [9.17, 15) is 0 Å². The van der Waals surface area contributed by atoms with Crippen molar-refractivity contribution in [2.45, 2.75) is 6.92 Å². The second-order valence-electron chi connectivity index (χ2n) is 4.55. The molecule has 1 heterocycles. The van der Waals surface area contributed by atoms with Gasteiger partial charge in [-0.1, -0.05) is 54.6 Å². The van der Waals surface area contributed by atoms with Gasteiger partial charge in [0, 0.05) is 5.56 Å². The van der Waals surface area contributed by atoms with Gasteiger partial charge in [-0.15, -0.1) is 10.2 Å². The lowest BCUT2D eigenvalue weighted by molar-refractivity contribution is 0.881. The second kappa shape index (κ2) is 5.48. The lowest BCUT2D eigenvalue weighted by atomic mass is 10.0. The predicted molar refractivity (Wildman–Crippen MR) is 79.7 cm³/mol. The number of benzene rings is 2. The van der Waals surface area contributed by atoms with E-state index in [2.05, 4.69) is 63.1 Å². The Morgan fingerprint density at radius 1 is 0.950 bits per heavy atom. The third-order valence-electron chi connectivity index (χ3n) is 3.12. The number of rotatable bonds is 3. The molecular weight excluding hydrogens is 248 g/mol. The molecule has 1 aromatic heterocycles. The van der Waals surface area contributed by atoms with Gasteiger partial charge in [0.15, 0.2) is 0 Å². The van der Waals surface area contributed by atoms with Gasteiger partial charge in [0.1, 0.15) is 0 Å². The van der Waals surface area contributed by atoms with Crippen molar-refractivity contribution in [1.29, 1.82) is 0 Å². The summed E-state index contributed by atoms with van der Waals surface area (Å²) in [5.74, 6) is 0.623. The van der Waals surface area contributed by atoms with E-state index in [1.165, 1.54) is 5.56 Å². The van der Waals surface area contributed by atoms with Crippen LogP contribution in [0.2, 0.25) is 0 Å². The lowest BCUT2D eigenvalue weighted by Crippen LogP contribution is -1.87. The summed E-state index contributed by atoms with van der Waals surface area (Å²) in [7, 11) is 0. The van der Waals surface area contributed by atoms with Crippen LogP contribution in [0.5, 0.6) is 0 Å². The molecule has 1 N–H and O–H groups in total. The first kappa shape index (κ1) is 12.3. The Labute approximate surface area is 117 Å². The number of nitrogens with zero attached hydrogens (tertiary/aromatic N) is 3. The Hall–Kier alpha value is -2.75. The summed E-state index contributed by atoms with van der Waals surface area (Å²) in [6.07, 6.45) is 4.17. The van der Waals surface area contributed by atoms with E-state index in [4.69, 9.17) is 0 Å². The van der Waals surface area contributed by atoms with Gasteiger partial charge in [0.05, 0.1) is 0 Å². The molecule has 0 saturated carbocycles. The molecule has 0 unspecified atom stereocenters. The van der Waals surface area contributed by atoms with Crippen molar-refractivity contribution in [2.75, 3.05) is 0 Å². The van der Waals surface area contributed by atoms with Crippen molar-refractivity contribution >= 4 is 12.2 Å². The molecule has 0 aliphatic carbocycles. The molecule has 98 valence electrons. The number of H-pyrrole nitrogens is 1. The molecule has 20 heavy (non-hydrogen) atoms. The average molecular weight is 262 g/mol. The van der Waals surface area contributed by atoms with Gasteiger partial charge in [-0.25, -0.2) is 0 Å². The first-order chi connectivity index (χ1) is 9.83. The number of nitrogens with one attached hydrogen (secondary N) is 1. The van der Waals surface area contributed by atoms with Crippen molar-refractivity contribution in [2.24, 2.45) is 0 Å². The minimum Gasteiger partial charge on any atom is -0.177 e. The van der Waals surface area contributed by atoms with Gasteiger partial charge >= 0.3 is 0 Å². The van der Waals surface area contributed by atoms with Crippen molar-refractivity contribution in [3.05, 3.63) is 65.2 Å². The molecule has 3 aromatic rings. The van der Waals surface area contributed by atoms with Gasteiger partial charge < -0.3 is 0 Å². The largest absolute Gasteiger partial charge is 0.204 e. The Morgan fingerprint density at radius 2 is 1.75 bits per heavy atom. The van der Waals surface area contributed by atoms with E-state index >= 15 is 0 Å². The van der Waals surface area contributed by atoms with Crippen LogP contribution in [0.1, 0.15) is 16.7 Å². The number of hydrogen-bond donors (Lipinski definition) is 1. The monoisotopic (exact) mass is 262 g/mol. The summed E-state index contributed by atoms with van der Waals surface area (Å²) < 4.78 is 0. The molecule has 0 radical (unpaired) electrons. The topological polar surface area (TPSA) is 54.5 Å². The van der Waals surface area contributed by atoms with E-state index in [1.54, 1.807) is 0 Å². The van der Waals surface area contributed by atoms with Crippen molar-refractivity contribution in [1.82, 2.24) is 20.6 Å². The van der Waals surface area contributed by atoms with Crippen LogP contribution in [-0.4, -0.2) is 20.6 Å². The lowest BCUT2D eigenvalue weighted by Gasteiger charge is -2.02. The highest BCUT2D eigenvalue weighted by atomic mass is 15.5. The Kier molecular flexibility index (Phi) is 3.37. The average Bonchev–Trinajstić information content (AvgIpc) is 3.01. The minimum atomic E-state index is 0.623. The summed E-state index contributed by atoms with van der Waals surface area (Å²) in [6.45, 7) is 2.04. The van der Waals surface area contributed by atoms with E-state index < -0.39 is 0 Å². The predicted octanol–water partition coefficient (Wildman–Crippen LogP) is 3.35. The number of aryl methyl sites for hydroxylation is 1. The van der Waals surface area contributed by atoms with Crippen molar-refractivity contribution < 1.29 is 0 Å². The van der Waals surface area contributed by atoms with Crippen LogP contribution in [0.25, 0.3) is 23.5 Å². The first-order valence-corrected chi connectivity index (χ1v) is 6.40. The van der Waals surface area contributed by atoms with E-state index in [-0.39, 0.29) is 0 Å². The fourth-order valence-corrected chi connectivity index (χ4v) is 2.02. The minimum absolute atomic E-state index is 0.623. The fraction of sp³-hybridized carbons (Fsp3) is 0.0625. The molecule has 0 atom stereocenters. The van der Waals surface area contributed by atoms with Crippen LogP contribution in [0.15, 0.2) is 48.5 Å². The molecule has 0 fully saturated rings. The highest BCUT2D eigenvalue weighted by molar-refractivity contribution is 5.73. The molecule has 4 heteroatoms. The maximum absolute atomic E-state index is 4.04. The highest BCUT2D eigenvalue weighted by Crippen LogP contribution is 2.21. The van der Waals surface area contributed by atoms with Crippen LogP contribution < -0.4 is 0 Å². The van der Waals surface area contributed by atoms with Gasteiger partial charge in [0.25, 0.3) is 0 Å². The van der Waals surface area contributed by atoms with E-state index in [1.807, 2.05) is 25.1 Å². The quantitative estimate of drug-likeness (QED) is 0.736. The summed E-state index contributed by atoms with van der Waals surface area (Å²) in [6, 6.07) is 16.4. The molecule has 0 aliphatic heterocycles. The van der Waals surface area contributed by atoms with Gasteiger partial charge in [-0.3, -0.25) is 0 Å². The molecule has 0 saturated heterocycles. The fourth-order valence-electron chi connectivity index (χ4n) is 2.02. The highest BCUT2D eigenvalue weighted by Gasteiger charge is 2.06. The molecular formula is C16H14N4. The standard InChI is InChI=1S/C16H14N4/c1-12-7-8-14(10-9-13-5-3-2-4-6-13)11-15(12)16-17-19-20-18-16/h2-11H,1H3,(H,17,18,19,20). The number of aromatic amines is 1. The summed E-state index contributed by atoms with van der Waals surface area (Å²) >= 11 is 0. The first-order valence-electron chi connectivity index (χ1n) is 6.40. The SMILES string of the molecule is Cc1ccc(C=Cc2ccccc2)cc1-c1nn[nH]n1. The third-order valence-corrected chi connectivity index (χ3v) is 3.12. The number of tetrazole rings is 1. The summed E-state index contributed by atoms with van der Waals surface area (Å²) in [5, 5.41) is 14.2. The Bertz CT molecular complexity index is 715. The molecule has 0 spiro atoms. The molecule has 0 aliphatic rings. The van der Waals surface area contributed by atoms with Crippen molar-refractivity contribution in [3.8, 4) is 11.4 Å². The van der Waals surface area contributed by atoms with Crippen LogP contribution in [-0.2, 0) is 0 Å². The van der Waals surface area contributed by atoms with Crippen LogP contribution >= 0.6 is 0 Å². The third kappa shape index (κ3) is 2.64. The van der Waals surface area contributed by atoms with Crippen LogP contribution in [0.4, 0.5) is 0 Å². The van der Waals surface area contributed by atoms with Crippen LogP contribution in [0.3, 0.4) is 0 Å². The van der Waals surface area contributed by atoms with Crippen molar-refractivity contribution in [3.63, 3.8) is 0 Å². The molecule has 0 amide bonds. The smallest absolute Gasteiger partial charge is 0.177 e. The summed E-state index contributed by atoms with van der Waals surface area (Å²) in [5.41, 5.74) is 4.41. The van der Waals surface area contributed by atoms with E-state index in [0.717, 1.165) is 16.7 Å². The number of aromatic nitrogens is 4. The molecule has 4 nitrogen and oxygen atoms in total.